The molecule has 1 aromatic heterocycles. The van der Waals surface area contributed by atoms with E-state index in [1.54, 1.807) is 12.3 Å². The predicted octanol–water partition coefficient (Wildman–Crippen LogP) is 2.01. The van der Waals surface area contributed by atoms with Gasteiger partial charge in [-0.05, 0) is 29.8 Å². The normalized spacial score (nSPS) is 17.1. The molecule has 6 nitrogen and oxygen atoms in total. The number of benzene rings is 1. The van der Waals surface area contributed by atoms with Gasteiger partial charge in [-0.1, -0.05) is 6.07 Å². The first-order chi connectivity index (χ1) is 12.2. The fourth-order valence-electron chi connectivity index (χ4n) is 2.45. The number of aromatic nitrogens is 1. The molecule has 0 radical (unpaired) electrons. The fourth-order valence-corrected chi connectivity index (χ4v) is 2.45. The molecule has 0 spiro atoms. The SMILES string of the molecule is O=C(CC1COCCN1)NCc1ccc(Oc2ccc(F)cc2)nc1. The highest BCUT2D eigenvalue weighted by Gasteiger charge is 2.16. The summed E-state index contributed by atoms with van der Waals surface area (Å²) in [5.74, 6) is 0.568. The van der Waals surface area contributed by atoms with Crippen molar-refractivity contribution in [1.82, 2.24) is 15.6 Å². The van der Waals surface area contributed by atoms with Gasteiger partial charge in [0.05, 0.1) is 13.2 Å². The molecule has 2 aromatic rings. The Hall–Kier alpha value is -2.51. The van der Waals surface area contributed by atoms with Crippen molar-refractivity contribution in [1.29, 1.82) is 0 Å². The minimum absolute atomic E-state index is 0.0327. The van der Waals surface area contributed by atoms with Crippen LogP contribution >= 0.6 is 0 Å². The smallest absolute Gasteiger partial charge is 0.221 e. The van der Waals surface area contributed by atoms with Crippen LogP contribution in [0, 0.1) is 5.82 Å². The molecule has 2 N–H and O–H groups in total. The van der Waals surface area contributed by atoms with Gasteiger partial charge in [0.15, 0.2) is 0 Å². The van der Waals surface area contributed by atoms with Crippen LogP contribution in [0.15, 0.2) is 42.6 Å². The highest BCUT2D eigenvalue weighted by molar-refractivity contribution is 5.76. The molecule has 132 valence electrons. The third kappa shape index (κ3) is 5.51. The Bertz CT molecular complexity index is 686. The van der Waals surface area contributed by atoms with E-state index in [9.17, 15) is 9.18 Å². The number of pyridine rings is 1. The van der Waals surface area contributed by atoms with Gasteiger partial charge in [-0.15, -0.1) is 0 Å². The first kappa shape index (κ1) is 17.3. The fraction of sp³-hybridized carbons (Fsp3) is 0.333. The molecule has 1 aromatic carbocycles. The van der Waals surface area contributed by atoms with E-state index in [0.29, 0.717) is 37.8 Å². The lowest BCUT2D eigenvalue weighted by Gasteiger charge is -2.23. The molecule has 1 fully saturated rings. The van der Waals surface area contributed by atoms with Crippen molar-refractivity contribution in [2.75, 3.05) is 19.8 Å². The van der Waals surface area contributed by atoms with E-state index in [1.807, 2.05) is 6.07 Å². The zero-order chi connectivity index (χ0) is 17.5. The summed E-state index contributed by atoms with van der Waals surface area (Å²) in [6, 6.07) is 9.33. The van der Waals surface area contributed by atoms with E-state index in [0.717, 1.165) is 12.1 Å². The molecule has 3 rings (SSSR count). The molecule has 1 aliphatic rings. The van der Waals surface area contributed by atoms with Crippen molar-refractivity contribution in [2.45, 2.75) is 19.0 Å². The van der Waals surface area contributed by atoms with Gasteiger partial charge in [0.2, 0.25) is 11.8 Å². The van der Waals surface area contributed by atoms with Crippen molar-refractivity contribution in [3.63, 3.8) is 0 Å². The van der Waals surface area contributed by atoms with Crippen LogP contribution in [0.1, 0.15) is 12.0 Å². The number of nitrogens with zero attached hydrogens (tertiary/aromatic N) is 1. The van der Waals surface area contributed by atoms with E-state index >= 15 is 0 Å². The van der Waals surface area contributed by atoms with Crippen LogP contribution in [0.3, 0.4) is 0 Å². The third-order valence-corrected chi connectivity index (χ3v) is 3.75. The van der Waals surface area contributed by atoms with Gasteiger partial charge in [-0.3, -0.25) is 4.79 Å². The quantitative estimate of drug-likeness (QED) is 0.838. The van der Waals surface area contributed by atoms with Crippen molar-refractivity contribution in [2.24, 2.45) is 0 Å². The summed E-state index contributed by atoms with van der Waals surface area (Å²) in [5.41, 5.74) is 0.868. The summed E-state index contributed by atoms with van der Waals surface area (Å²) in [6.45, 7) is 2.42. The lowest BCUT2D eigenvalue weighted by atomic mass is 10.2. The van der Waals surface area contributed by atoms with Crippen LogP contribution in [0.2, 0.25) is 0 Å². The number of amides is 1. The number of nitrogens with one attached hydrogen (secondary N) is 2. The molecule has 7 heteroatoms. The summed E-state index contributed by atoms with van der Waals surface area (Å²) in [4.78, 5) is 16.1. The lowest BCUT2D eigenvalue weighted by Crippen LogP contribution is -2.44. The highest BCUT2D eigenvalue weighted by atomic mass is 19.1. The number of carbonyl (C=O) groups excluding carboxylic acids is 1. The van der Waals surface area contributed by atoms with Crippen LogP contribution < -0.4 is 15.4 Å². The van der Waals surface area contributed by atoms with Gasteiger partial charge >= 0.3 is 0 Å². The molecular weight excluding hydrogens is 325 g/mol. The summed E-state index contributed by atoms with van der Waals surface area (Å²) >= 11 is 0. The van der Waals surface area contributed by atoms with Crippen LogP contribution in [0.5, 0.6) is 11.6 Å². The molecule has 1 atom stereocenters. The predicted molar refractivity (Wildman–Crippen MR) is 89.8 cm³/mol. The summed E-state index contributed by atoms with van der Waals surface area (Å²) < 4.78 is 23.7. The minimum atomic E-state index is -0.318. The highest BCUT2D eigenvalue weighted by Crippen LogP contribution is 2.19. The Balaban J connectivity index is 1.45. The summed E-state index contributed by atoms with van der Waals surface area (Å²) in [6.07, 6.45) is 2.03. The molecule has 1 saturated heterocycles. The van der Waals surface area contributed by atoms with Gasteiger partial charge in [0.1, 0.15) is 11.6 Å². The van der Waals surface area contributed by atoms with E-state index < -0.39 is 0 Å². The second kappa shape index (κ2) is 8.55. The number of rotatable bonds is 6. The van der Waals surface area contributed by atoms with Crippen LogP contribution in [0.25, 0.3) is 0 Å². The molecule has 1 amide bonds. The number of carbonyl (C=O) groups is 1. The maximum absolute atomic E-state index is 12.9. The van der Waals surface area contributed by atoms with Gasteiger partial charge in [-0.2, -0.15) is 0 Å². The number of morpholine rings is 1. The lowest BCUT2D eigenvalue weighted by molar-refractivity contribution is -0.122. The van der Waals surface area contributed by atoms with Crippen LogP contribution in [-0.4, -0.2) is 36.7 Å². The molecule has 1 unspecified atom stereocenters. The average molecular weight is 345 g/mol. The Morgan fingerprint density at radius 2 is 2.16 bits per heavy atom. The van der Waals surface area contributed by atoms with Gasteiger partial charge in [-0.25, -0.2) is 9.37 Å². The van der Waals surface area contributed by atoms with E-state index in [2.05, 4.69) is 15.6 Å². The van der Waals surface area contributed by atoms with Crippen molar-refractivity contribution < 1.29 is 18.7 Å². The Kier molecular flexibility index (Phi) is 5.92. The van der Waals surface area contributed by atoms with E-state index in [1.165, 1.54) is 24.3 Å². The second-order valence-electron chi connectivity index (χ2n) is 5.77. The Morgan fingerprint density at radius 3 is 2.84 bits per heavy atom. The van der Waals surface area contributed by atoms with Gasteiger partial charge < -0.3 is 20.1 Å². The van der Waals surface area contributed by atoms with Gasteiger partial charge in [0.25, 0.3) is 0 Å². The topological polar surface area (TPSA) is 72.5 Å². The number of halogens is 1. The second-order valence-corrected chi connectivity index (χ2v) is 5.77. The molecule has 0 saturated carbocycles. The molecule has 0 bridgehead atoms. The number of hydrogen-bond donors (Lipinski definition) is 2. The first-order valence-corrected chi connectivity index (χ1v) is 8.15. The molecule has 2 heterocycles. The maximum atomic E-state index is 12.9. The zero-order valence-corrected chi connectivity index (χ0v) is 13.7. The summed E-state index contributed by atoms with van der Waals surface area (Å²) in [5, 5.41) is 6.11. The molecular formula is C18H20FN3O3. The van der Waals surface area contributed by atoms with E-state index in [4.69, 9.17) is 9.47 Å². The standard InChI is InChI=1S/C18H20FN3O3/c19-14-2-4-16(5-3-14)25-18-6-1-13(11-22-18)10-21-17(23)9-15-12-24-8-7-20-15/h1-6,11,15,20H,7-10,12H2,(H,21,23). The van der Waals surface area contributed by atoms with Crippen molar-refractivity contribution in [3.05, 3.63) is 54.0 Å². The van der Waals surface area contributed by atoms with Crippen LogP contribution in [0.4, 0.5) is 4.39 Å². The molecule has 25 heavy (non-hydrogen) atoms. The monoisotopic (exact) mass is 345 g/mol. The minimum Gasteiger partial charge on any atom is -0.439 e. The van der Waals surface area contributed by atoms with E-state index in [-0.39, 0.29) is 17.8 Å². The molecule has 1 aliphatic heterocycles. The van der Waals surface area contributed by atoms with Crippen molar-refractivity contribution in [3.8, 4) is 11.6 Å². The average Bonchev–Trinajstić information content (AvgIpc) is 2.64. The third-order valence-electron chi connectivity index (χ3n) is 3.75. The number of ether oxygens (including phenoxy) is 2. The van der Waals surface area contributed by atoms with Crippen LogP contribution in [-0.2, 0) is 16.1 Å². The number of hydrogen-bond acceptors (Lipinski definition) is 5. The Morgan fingerprint density at radius 1 is 1.32 bits per heavy atom. The zero-order valence-electron chi connectivity index (χ0n) is 13.7. The first-order valence-electron chi connectivity index (χ1n) is 8.15. The van der Waals surface area contributed by atoms with Gasteiger partial charge in [0, 0.05) is 37.8 Å². The molecule has 0 aliphatic carbocycles. The van der Waals surface area contributed by atoms with Crippen molar-refractivity contribution >= 4 is 5.91 Å². The summed E-state index contributed by atoms with van der Waals surface area (Å²) in [7, 11) is 0. The maximum Gasteiger partial charge on any atom is 0.221 e. The largest absolute Gasteiger partial charge is 0.439 e. The Labute approximate surface area is 145 Å².